The van der Waals surface area contributed by atoms with Crippen molar-refractivity contribution < 1.29 is 14.6 Å². The zero-order chi connectivity index (χ0) is 16.1. The molecule has 4 bridgehead atoms. The Balaban J connectivity index is 1.50. The molecule has 1 aromatic carbocycles. The van der Waals surface area contributed by atoms with Crippen LogP contribution < -0.4 is 0 Å². The Hall–Kier alpha value is -1.86. The number of nitrogens with zero attached hydrogens (tertiary/aromatic N) is 1. The van der Waals surface area contributed by atoms with E-state index in [1.807, 2.05) is 12.1 Å². The van der Waals surface area contributed by atoms with Crippen molar-refractivity contribution in [3.63, 3.8) is 0 Å². The minimum atomic E-state index is -0.659. The van der Waals surface area contributed by atoms with Crippen molar-refractivity contribution in [2.75, 3.05) is 0 Å². The topological polar surface area (TPSA) is 70.3 Å². The summed E-state index contributed by atoms with van der Waals surface area (Å²) in [4.78, 5) is 12.8. The molecule has 4 nitrogen and oxygen atoms in total. The van der Waals surface area contributed by atoms with Crippen LogP contribution in [0.4, 0.5) is 0 Å². The van der Waals surface area contributed by atoms with Crippen LogP contribution >= 0.6 is 0 Å². The summed E-state index contributed by atoms with van der Waals surface area (Å²) >= 11 is 0. The van der Waals surface area contributed by atoms with Gasteiger partial charge in [-0.15, -0.1) is 0 Å². The number of nitriles is 1. The molecule has 0 spiro atoms. The van der Waals surface area contributed by atoms with Crippen LogP contribution in [0.15, 0.2) is 24.3 Å². The molecule has 0 heterocycles. The van der Waals surface area contributed by atoms with Gasteiger partial charge in [-0.3, -0.25) is 4.79 Å². The smallest absolute Gasteiger partial charge is 0.312 e. The number of rotatable bonds is 3. The maximum absolute atomic E-state index is 12.8. The summed E-state index contributed by atoms with van der Waals surface area (Å²) in [6.45, 7) is 0.137. The highest BCUT2D eigenvalue weighted by Gasteiger charge is 2.60. The van der Waals surface area contributed by atoms with Crippen LogP contribution in [0.1, 0.15) is 49.7 Å². The lowest BCUT2D eigenvalue weighted by molar-refractivity contribution is -0.197. The minimum absolute atomic E-state index is 0.137. The van der Waals surface area contributed by atoms with Gasteiger partial charge in [-0.25, -0.2) is 0 Å². The number of esters is 1. The fraction of sp³-hybridized carbons (Fsp3) is 0.579. The SMILES string of the molecule is N#Cc1ccccc1COC(=O)C12C[C@@H]3C[C@@H](CC(O)(C3)C1)C2. The van der Waals surface area contributed by atoms with Crippen LogP contribution in [0.5, 0.6) is 0 Å². The molecule has 4 atom stereocenters. The van der Waals surface area contributed by atoms with E-state index in [1.54, 1.807) is 12.1 Å². The standard InChI is InChI=1S/C19H21NO3/c20-10-15-3-1-2-4-16(15)11-23-17(21)18-6-13-5-14(7-18)9-19(22,8-13)12-18/h1-4,13-14,22H,5-9,11-12H2/t13-,14+,18?,19?. The van der Waals surface area contributed by atoms with E-state index in [-0.39, 0.29) is 12.6 Å². The molecule has 5 rings (SSSR count). The zero-order valence-electron chi connectivity index (χ0n) is 13.1. The molecule has 4 fully saturated rings. The fourth-order valence-corrected chi connectivity index (χ4v) is 5.50. The molecule has 4 aliphatic carbocycles. The van der Waals surface area contributed by atoms with E-state index in [1.165, 1.54) is 0 Å². The third kappa shape index (κ3) is 2.44. The van der Waals surface area contributed by atoms with Gasteiger partial charge in [-0.05, 0) is 56.4 Å². The van der Waals surface area contributed by atoms with E-state index in [9.17, 15) is 9.90 Å². The van der Waals surface area contributed by atoms with Crippen molar-refractivity contribution in [2.24, 2.45) is 17.3 Å². The number of carbonyl (C=O) groups is 1. The molecule has 1 N–H and O–H groups in total. The Bertz CT molecular complexity index is 676. The number of carbonyl (C=O) groups excluding carboxylic acids is 1. The van der Waals surface area contributed by atoms with Gasteiger partial charge in [0.2, 0.25) is 0 Å². The molecular weight excluding hydrogens is 290 g/mol. The van der Waals surface area contributed by atoms with Gasteiger partial charge >= 0.3 is 5.97 Å². The summed E-state index contributed by atoms with van der Waals surface area (Å²) in [5.74, 6) is 0.734. The number of hydrogen-bond acceptors (Lipinski definition) is 4. The highest BCUT2D eigenvalue weighted by atomic mass is 16.5. The molecule has 0 radical (unpaired) electrons. The van der Waals surface area contributed by atoms with Gasteiger partial charge < -0.3 is 9.84 Å². The highest BCUT2D eigenvalue weighted by Crippen LogP contribution is 2.62. The molecule has 23 heavy (non-hydrogen) atoms. The lowest BCUT2D eigenvalue weighted by Crippen LogP contribution is -2.58. The second-order valence-corrected chi connectivity index (χ2v) is 7.81. The van der Waals surface area contributed by atoms with E-state index >= 15 is 0 Å². The lowest BCUT2D eigenvalue weighted by Gasteiger charge is -2.58. The van der Waals surface area contributed by atoms with Gasteiger partial charge in [0.25, 0.3) is 0 Å². The van der Waals surface area contributed by atoms with Crippen LogP contribution in [0.25, 0.3) is 0 Å². The van der Waals surface area contributed by atoms with Gasteiger partial charge in [0.05, 0.1) is 22.6 Å². The normalized spacial score (nSPS) is 37.4. The average Bonchev–Trinajstić information content (AvgIpc) is 2.50. The predicted octanol–water partition coefficient (Wildman–Crippen LogP) is 2.93. The van der Waals surface area contributed by atoms with Crippen LogP contribution in [0.3, 0.4) is 0 Å². The van der Waals surface area contributed by atoms with E-state index in [0.29, 0.717) is 23.8 Å². The first kappa shape index (κ1) is 14.7. The Labute approximate surface area is 136 Å². The fourth-order valence-electron chi connectivity index (χ4n) is 5.50. The maximum Gasteiger partial charge on any atom is 0.312 e. The van der Waals surface area contributed by atoms with Crippen molar-refractivity contribution in [3.05, 3.63) is 35.4 Å². The summed E-state index contributed by atoms with van der Waals surface area (Å²) in [6.07, 6.45) is 5.08. The van der Waals surface area contributed by atoms with Crippen LogP contribution in [-0.4, -0.2) is 16.7 Å². The van der Waals surface area contributed by atoms with E-state index in [2.05, 4.69) is 6.07 Å². The van der Waals surface area contributed by atoms with Gasteiger partial charge in [0.15, 0.2) is 0 Å². The molecule has 0 aromatic heterocycles. The predicted molar refractivity (Wildman–Crippen MR) is 83.0 cm³/mol. The molecule has 120 valence electrons. The highest BCUT2D eigenvalue weighted by molar-refractivity contribution is 5.78. The zero-order valence-corrected chi connectivity index (χ0v) is 13.1. The Morgan fingerprint density at radius 2 is 1.96 bits per heavy atom. The minimum Gasteiger partial charge on any atom is -0.460 e. The van der Waals surface area contributed by atoms with E-state index in [0.717, 1.165) is 37.7 Å². The van der Waals surface area contributed by atoms with Gasteiger partial charge in [-0.1, -0.05) is 18.2 Å². The quantitative estimate of drug-likeness (QED) is 0.871. The molecule has 0 amide bonds. The molecule has 1 aromatic rings. The molecule has 4 heteroatoms. The Kier molecular flexibility index (Phi) is 3.24. The van der Waals surface area contributed by atoms with Crippen molar-refractivity contribution in [3.8, 4) is 6.07 Å². The summed E-state index contributed by atoms with van der Waals surface area (Å²) in [5.41, 5.74) is 0.130. The first-order valence-corrected chi connectivity index (χ1v) is 8.40. The summed E-state index contributed by atoms with van der Waals surface area (Å²) in [6, 6.07) is 9.33. The van der Waals surface area contributed by atoms with Gasteiger partial charge in [0, 0.05) is 5.56 Å². The Morgan fingerprint density at radius 3 is 2.61 bits per heavy atom. The second kappa shape index (κ2) is 5.07. The molecule has 0 saturated heterocycles. The summed E-state index contributed by atoms with van der Waals surface area (Å²) in [7, 11) is 0. The van der Waals surface area contributed by atoms with Crippen LogP contribution in [-0.2, 0) is 16.1 Å². The second-order valence-electron chi connectivity index (χ2n) is 7.81. The summed E-state index contributed by atoms with van der Waals surface area (Å²) in [5, 5.41) is 19.9. The number of ether oxygens (including phenoxy) is 1. The van der Waals surface area contributed by atoms with Crippen LogP contribution in [0.2, 0.25) is 0 Å². The number of aliphatic hydroxyl groups is 1. The van der Waals surface area contributed by atoms with E-state index in [4.69, 9.17) is 10.00 Å². The van der Waals surface area contributed by atoms with Crippen molar-refractivity contribution in [1.82, 2.24) is 0 Å². The lowest BCUT2D eigenvalue weighted by atomic mass is 9.48. The molecular formula is C19H21NO3. The number of benzene rings is 1. The van der Waals surface area contributed by atoms with E-state index < -0.39 is 11.0 Å². The average molecular weight is 311 g/mol. The first-order chi connectivity index (χ1) is 11.0. The van der Waals surface area contributed by atoms with Crippen molar-refractivity contribution >= 4 is 5.97 Å². The third-order valence-corrected chi connectivity index (χ3v) is 5.96. The molecule has 2 unspecified atom stereocenters. The third-order valence-electron chi connectivity index (χ3n) is 5.96. The van der Waals surface area contributed by atoms with Crippen molar-refractivity contribution in [2.45, 2.75) is 50.7 Å². The maximum atomic E-state index is 12.8. The van der Waals surface area contributed by atoms with Crippen molar-refractivity contribution in [1.29, 1.82) is 5.26 Å². The van der Waals surface area contributed by atoms with Gasteiger partial charge in [-0.2, -0.15) is 5.26 Å². The van der Waals surface area contributed by atoms with Crippen LogP contribution in [0, 0.1) is 28.6 Å². The van der Waals surface area contributed by atoms with Gasteiger partial charge in [0.1, 0.15) is 6.61 Å². The molecule has 4 saturated carbocycles. The monoisotopic (exact) mass is 311 g/mol. The molecule has 4 aliphatic rings. The first-order valence-electron chi connectivity index (χ1n) is 8.40. The largest absolute Gasteiger partial charge is 0.460 e. The summed E-state index contributed by atoms with van der Waals surface area (Å²) < 4.78 is 5.60. The number of hydrogen-bond donors (Lipinski definition) is 1. The molecule has 0 aliphatic heterocycles. The Morgan fingerprint density at radius 1 is 1.26 bits per heavy atom.